The lowest BCUT2D eigenvalue weighted by atomic mass is 9.97. The zero-order chi connectivity index (χ0) is 13.0. The van der Waals surface area contributed by atoms with Gasteiger partial charge in [-0.25, -0.2) is 0 Å². The Hall–Kier alpha value is -1.27. The predicted molar refractivity (Wildman–Crippen MR) is 70.9 cm³/mol. The quantitative estimate of drug-likeness (QED) is 0.906. The molecule has 0 saturated carbocycles. The first-order valence-corrected chi connectivity index (χ1v) is 6.55. The van der Waals surface area contributed by atoms with Gasteiger partial charge in [0, 0.05) is 17.5 Å². The van der Waals surface area contributed by atoms with Gasteiger partial charge >= 0.3 is 0 Å². The molecule has 5 nitrogen and oxygen atoms in total. The molecule has 0 bridgehead atoms. The van der Waals surface area contributed by atoms with E-state index in [1.54, 1.807) is 7.05 Å². The van der Waals surface area contributed by atoms with E-state index in [1.807, 2.05) is 18.2 Å². The Labute approximate surface area is 114 Å². The Morgan fingerprint density at radius 2 is 2.11 bits per heavy atom. The number of aryl methyl sites for hydroxylation is 1. The fraction of sp³-hybridized carbons (Fsp3) is 0.417. The van der Waals surface area contributed by atoms with Gasteiger partial charge < -0.3 is 5.11 Å². The second-order valence-electron chi connectivity index (χ2n) is 4.24. The fourth-order valence-electron chi connectivity index (χ4n) is 1.84. The second-order valence-corrected chi connectivity index (χ2v) is 5.10. The summed E-state index contributed by atoms with van der Waals surface area (Å²) in [6, 6.07) is 8.03. The van der Waals surface area contributed by atoms with Crippen molar-refractivity contribution in [1.29, 1.82) is 0 Å². The van der Waals surface area contributed by atoms with Crippen molar-refractivity contribution < 1.29 is 5.11 Å². The van der Waals surface area contributed by atoms with Crippen molar-refractivity contribution in [2.75, 3.05) is 6.61 Å². The number of hydrogen-bond acceptors (Lipinski definition) is 4. The standard InChI is InChI=1S/C12H15BrN4O/c1-17-15-12(14-16-17)7-9(8-18)6-10-4-2-3-5-11(10)13/h2-5,9,18H,6-8H2,1H3. The van der Waals surface area contributed by atoms with E-state index in [4.69, 9.17) is 0 Å². The van der Waals surface area contributed by atoms with Crippen LogP contribution in [-0.4, -0.2) is 31.9 Å². The Morgan fingerprint density at radius 1 is 1.33 bits per heavy atom. The Balaban J connectivity index is 2.04. The highest BCUT2D eigenvalue weighted by atomic mass is 79.9. The van der Waals surface area contributed by atoms with E-state index in [2.05, 4.69) is 37.4 Å². The third kappa shape index (κ3) is 3.36. The smallest absolute Gasteiger partial charge is 0.175 e. The van der Waals surface area contributed by atoms with Crippen molar-refractivity contribution in [2.24, 2.45) is 13.0 Å². The number of aromatic nitrogens is 4. The minimum atomic E-state index is 0.105. The van der Waals surface area contributed by atoms with Gasteiger partial charge in [0.05, 0.1) is 7.05 Å². The lowest BCUT2D eigenvalue weighted by Crippen LogP contribution is -2.14. The highest BCUT2D eigenvalue weighted by Gasteiger charge is 2.14. The summed E-state index contributed by atoms with van der Waals surface area (Å²) in [6.07, 6.45) is 1.42. The van der Waals surface area contributed by atoms with E-state index >= 15 is 0 Å². The molecule has 0 spiro atoms. The van der Waals surface area contributed by atoms with Crippen LogP contribution in [0.2, 0.25) is 0 Å². The van der Waals surface area contributed by atoms with Gasteiger partial charge in [-0.2, -0.15) is 4.80 Å². The van der Waals surface area contributed by atoms with E-state index in [1.165, 1.54) is 10.4 Å². The van der Waals surface area contributed by atoms with Crippen LogP contribution in [0.1, 0.15) is 11.4 Å². The topological polar surface area (TPSA) is 63.8 Å². The highest BCUT2D eigenvalue weighted by Crippen LogP contribution is 2.20. The predicted octanol–water partition coefficient (Wildman–Crippen LogP) is 1.37. The number of aliphatic hydroxyl groups excluding tert-OH is 1. The minimum absolute atomic E-state index is 0.105. The molecule has 6 heteroatoms. The van der Waals surface area contributed by atoms with Gasteiger partial charge in [0.25, 0.3) is 0 Å². The van der Waals surface area contributed by atoms with Crippen LogP contribution < -0.4 is 0 Å². The van der Waals surface area contributed by atoms with E-state index in [9.17, 15) is 5.11 Å². The molecule has 18 heavy (non-hydrogen) atoms. The summed E-state index contributed by atoms with van der Waals surface area (Å²) in [5.74, 6) is 0.775. The summed E-state index contributed by atoms with van der Waals surface area (Å²) >= 11 is 3.51. The molecule has 0 fully saturated rings. The third-order valence-corrected chi connectivity index (χ3v) is 3.52. The van der Waals surface area contributed by atoms with Gasteiger partial charge in [0.2, 0.25) is 0 Å². The van der Waals surface area contributed by atoms with Crippen LogP contribution >= 0.6 is 15.9 Å². The van der Waals surface area contributed by atoms with E-state index < -0.39 is 0 Å². The summed E-state index contributed by atoms with van der Waals surface area (Å²) in [6.45, 7) is 0.111. The number of nitrogens with zero attached hydrogens (tertiary/aromatic N) is 4. The molecule has 0 amide bonds. The molecule has 1 atom stereocenters. The molecule has 1 heterocycles. The summed E-state index contributed by atoms with van der Waals surface area (Å²) in [7, 11) is 1.73. The number of hydrogen-bond donors (Lipinski definition) is 1. The summed E-state index contributed by atoms with van der Waals surface area (Å²) in [4.78, 5) is 1.43. The highest BCUT2D eigenvalue weighted by molar-refractivity contribution is 9.10. The molecular formula is C12H15BrN4O. The summed E-state index contributed by atoms with van der Waals surface area (Å²) in [5, 5.41) is 21.3. The monoisotopic (exact) mass is 310 g/mol. The molecule has 1 N–H and O–H groups in total. The van der Waals surface area contributed by atoms with E-state index in [-0.39, 0.29) is 12.5 Å². The maximum atomic E-state index is 9.45. The molecule has 0 aliphatic carbocycles. The zero-order valence-electron chi connectivity index (χ0n) is 10.1. The van der Waals surface area contributed by atoms with Crippen molar-refractivity contribution >= 4 is 15.9 Å². The number of tetrazole rings is 1. The lowest BCUT2D eigenvalue weighted by molar-refractivity contribution is 0.223. The minimum Gasteiger partial charge on any atom is -0.396 e. The average molecular weight is 311 g/mol. The van der Waals surface area contributed by atoms with Crippen molar-refractivity contribution in [3.05, 3.63) is 40.1 Å². The molecule has 1 aromatic carbocycles. The van der Waals surface area contributed by atoms with E-state index in [0.717, 1.165) is 10.9 Å². The van der Waals surface area contributed by atoms with Crippen LogP contribution in [0.25, 0.3) is 0 Å². The molecule has 2 rings (SSSR count). The molecule has 2 aromatic rings. The first-order chi connectivity index (χ1) is 8.69. The number of aliphatic hydroxyl groups is 1. The molecule has 1 unspecified atom stereocenters. The van der Waals surface area contributed by atoms with Gasteiger partial charge in [-0.15, -0.1) is 10.2 Å². The molecule has 0 radical (unpaired) electrons. The summed E-state index contributed by atoms with van der Waals surface area (Å²) < 4.78 is 1.07. The number of rotatable bonds is 5. The Kier molecular flexibility index (Phi) is 4.43. The first kappa shape index (κ1) is 13.2. The zero-order valence-corrected chi connectivity index (χ0v) is 11.7. The second kappa shape index (κ2) is 6.06. The van der Waals surface area contributed by atoms with Crippen LogP contribution in [0.3, 0.4) is 0 Å². The van der Waals surface area contributed by atoms with Crippen LogP contribution in [0.5, 0.6) is 0 Å². The molecule has 0 saturated heterocycles. The van der Waals surface area contributed by atoms with Gasteiger partial charge in [0.15, 0.2) is 5.82 Å². The largest absolute Gasteiger partial charge is 0.396 e. The van der Waals surface area contributed by atoms with Crippen LogP contribution in [0, 0.1) is 5.92 Å². The molecular weight excluding hydrogens is 296 g/mol. The molecule has 1 aromatic heterocycles. The van der Waals surface area contributed by atoms with Crippen LogP contribution in [0.4, 0.5) is 0 Å². The van der Waals surface area contributed by atoms with Crippen molar-refractivity contribution in [3.8, 4) is 0 Å². The third-order valence-electron chi connectivity index (χ3n) is 2.75. The summed E-state index contributed by atoms with van der Waals surface area (Å²) in [5.41, 5.74) is 1.18. The van der Waals surface area contributed by atoms with Crippen LogP contribution in [-0.2, 0) is 19.9 Å². The van der Waals surface area contributed by atoms with Gasteiger partial charge in [-0.3, -0.25) is 0 Å². The average Bonchev–Trinajstić information content (AvgIpc) is 2.76. The Morgan fingerprint density at radius 3 is 2.72 bits per heavy atom. The van der Waals surface area contributed by atoms with E-state index in [0.29, 0.717) is 12.2 Å². The molecule has 0 aliphatic rings. The van der Waals surface area contributed by atoms with Gasteiger partial charge in [-0.1, -0.05) is 34.1 Å². The van der Waals surface area contributed by atoms with Gasteiger partial charge in [0.1, 0.15) is 0 Å². The SMILES string of the molecule is Cn1nnc(CC(CO)Cc2ccccc2Br)n1. The Bertz CT molecular complexity index is 514. The maximum absolute atomic E-state index is 9.45. The fourth-order valence-corrected chi connectivity index (χ4v) is 2.29. The van der Waals surface area contributed by atoms with Crippen LogP contribution in [0.15, 0.2) is 28.7 Å². The molecule has 0 aliphatic heterocycles. The molecule has 96 valence electrons. The maximum Gasteiger partial charge on any atom is 0.175 e. The van der Waals surface area contributed by atoms with Crippen molar-refractivity contribution in [1.82, 2.24) is 20.2 Å². The normalized spacial score (nSPS) is 12.6. The number of halogens is 1. The first-order valence-electron chi connectivity index (χ1n) is 5.76. The van der Waals surface area contributed by atoms with Crippen molar-refractivity contribution in [2.45, 2.75) is 12.8 Å². The number of benzene rings is 1. The van der Waals surface area contributed by atoms with Crippen molar-refractivity contribution in [3.63, 3.8) is 0 Å². The van der Waals surface area contributed by atoms with Gasteiger partial charge in [-0.05, 0) is 29.2 Å². The lowest BCUT2D eigenvalue weighted by Gasteiger charge is -2.13.